The van der Waals surface area contributed by atoms with Gasteiger partial charge < -0.3 is 15.8 Å². The first kappa shape index (κ1) is 21.6. The van der Waals surface area contributed by atoms with Gasteiger partial charge in [-0.05, 0) is 62.7 Å². The Morgan fingerprint density at radius 2 is 1.88 bits per heavy atom. The van der Waals surface area contributed by atoms with Crippen molar-refractivity contribution in [3.8, 4) is 17.1 Å². The number of nitrogens with one attached hydrogen (secondary N) is 1. The predicted octanol–water partition coefficient (Wildman–Crippen LogP) is 4.74. The Hall–Kier alpha value is -3.65. The third-order valence-corrected chi connectivity index (χ3v) is 4.79. The Labute approximate surface area is 190 Å². The van der Waals surface area contributed by atoms with Crippen LogP contribution in [0.3, 0.4) is 0 Å². The average molecular weight is 451 g/mol. The first-order chi connectivity index (χ1) is 15.2. The van der Waals surface area contributed by atoms with E-state index in [1.807, 2.05) is 61.7 Å². The van der Waals surface area contributed by atoms with Gasteiger partial charge in [0.25, 0.3) is 0 Å². The highest BCUT2D eigenvalue weighted by atomic mass is 35.5. The molecular formula is C23H23ClN6O2. The lowest BCUT2D eigenvalue weighted by molar-refractivity contribution is 0.0523. The third kappa shape index (κ3) is 4.65. The van der Waals surface area contributed by atoms with E-state index in [9.17, 15) is 4.79 Å². The van der Waals surface area contributed by atoms with Crippen LogP contribution in [0.5, 0.6) is 0 Å². The SMILES string of the molecule is CC(C)(C)OC(=O)NCc1ccc(-n2c(-c3cccnc3N)nc3ccc(Cl)nc32)cc1. The van der Waals surface area contributed by atoms with E-state index in [2.05, 4.69) is 15.3 Å². The second-order valence-corrected chi connectivity index (χ2v) is 8.59. The number of imidazole rings is 1. The van der Waals surface area contributed by atoms with Crippen molar-refractivity contribution in [2.24, 2.45) is 0 Å². The van der Waals surface area contributed by atoms with E-state index < -0.39 is 11.7 Å². The van der Waals surface area contributed by atoms with Crippen molar-refractivity contribution < 1.29 is 9.53 Å². The van der Waals surface area contributed by atoms with E-state index in [1.54, 1.807) is 18.3 Å². The Morgan fingerprint density at radius 1 is 1.12 bits per heavy atom. The van der Waals surface area contributed by atoms with Crippen molar-refractivity contribution in [1.29, 1.82) is 0 Å². The fourth-order valence-electron chi connectivity index (χ4n) is 3.22. The number of nitrogens with two attached hydrogens (primary N) is 1. The molecule has 3 heterocycles. The monoisotopic (exact) mass is 450 g/mol. The highest BCUT2D eigenvalue weighted by Crippen LogP contribution is 2.30. The normalized spacial score (nSPS) is 11.5. The van der Waals surface area contributed by atoms with Gasteiger partial charge in [-0.15, -0.1) is 0 Å². The molecule has 0 unspecified atom stereocenters. The summed E-state index contributed by atoms with van der Waals surface area (Å²) in [5.41, 5.74) is 9.30. The quantitative estimate of drug-likeness (QED) is 0.434. The number of amides is 1. The van der Waals surface area contributed by atoms with Gasteiger partial charge in [0.2, 0.25) is 0 Å². The topological polar surface area (TPSA) is 108 Å². The molecule has 0 aliphatic heterocycles. The molecule has 0 fully saturated rings. The van der Waals surface area contributed by atoms with Crippen molar-refractivity contribution in [3.05, 3.63) is 65.4 Å². The van der Waals surface area contributed by atoms with Gasteiger partial charge in [0.15, 0.2) is 11.5 Å². The van der Waals surface area contributed by atoms with Gasteiger partial charge in [-0.25, -0.2) is 19.7 Å². The van der Waals surface area contributed by atoms with Gasteiger partial charge in [-0.1, -0.05) is 23.7 Å². The smallest absolute Gasteiger partial charge is 0.407 e. The number of aromatic nitrogens is 4. The number of pyridine rings is 2. The van der Waals surface area contributed by atoms with E-state index in [4.69, 9.17) is 27.1 Å². The molecular weight excluding hydrogens is 428 g/mol. The van der Waals surface area contributed by atoms with E-state index in [1.165, 1.54) is 0 Å². The van der Waals surface area contributed by atoms with Crippen LogP contribution < -0.4 is 11.1 Å². The van der Waals surface area contributed by atoms with Gasteiger partial charge in [0.05, 0.1) is 5.56 Å². The van der Waals surface area contributed by atoms with Crippen molar-refractivity contribution in [3.63, 3.8) is 0 Å². The highest BCUT2D eigenvalue weighted by Gasteiger charge is 2.19. The van der Waals surface area contributed by atoms with Gasteiger partial charge >= 0.3 is 6.09 Å². The molecule has 4 rings (SSSR count). The van der Waals surface area contributed by atoms with E-state index in [-0.39, 0.29) is 0 Å². The number of carbonyl (C=O) groups excluding carboxylic acids is 1. The Kier molecular flexibility index (Phi) is 5.71. The first-order valence-corrected chi connectivity index (χ1v) is 10.4. The van der Waals surface area contributed by atoms with Gasteiger partial charge in [-0.3, -0.25) is 4.57 Å². The number of nitrogens with zero attached hydrogens (tertiary/aromatic N) is 4. The summed E-state index contributed by atoms with van der Waals surface area (Å²) in [6.45, 7) is 5.81. The second kappa shape index (κ2) is 8.47. The van der Waals surface area contributed by atoms with E-state index in [0.29, 0.717) is 40.1 Å². The Balaban J connectivity index is 1.69. The van der Waals surface area contributed by atoms with Crippen LogP contribution in [0.2, 0.25) is 5.15 Å². The number of anilines is 1. The number of fused-ring (bicyclic) bond motifs is 1. The lowest BCUT2D eigenvalue weighted by atomic mass is 10.2. The minimum absolute atomic E-state index is 0.340. The summed E-state index contributed by atoms with van der Waals surface area (Å²) in [6.07, 6.45) is 1.17. The average Bonchev–Trinajstić information content (AvgIpc) is 3.10. The number of halogens is 1. The van der Waals surface area contributed by atoms with Crippen LogP contribution in [-0.4, -0.2) is 31.2 Å². The molecule has 1 aromatic carbocycles. The van der Waals surface area contributed by atoms with Crippen LogP contribution in [0.1, 0.15) is 26.3 Å². The number of rotatable bonds is 4. The molecule has 32 heavy (non-hydrogen) atoms. The zero-order valence-corrected chi connectivity index (χ0v) is 18.7. The summed E-state index contributed by atoms with van der Waals surface area (Å²) in [5, 5.41) is 3.12. The molecule has 0 bridgehead atoms. The molecule has 0 saturated carbocycles. The maximum Gasteiger partial charge on any atom is 0.407 e. The van der Waals surface area contributed by atoms with Gasteiger partial charge in [-0.2, -0.15) is 0 Å². The summed E-state index contributed by atoms with van der Waals surface area (Å²) in [6, 6.07) is 14.9. The van der Waals surface area contributed by atoms with Crippen LogP contribution in [0.15, 0.2) is 54.7 Å². The van der Waals surface area contributed by atoms with Crippen molar-refractivity contribution in [1.82, 2.24) is 24.8 Å². The lowest BCUT2D eigenvalue weighted by Gasteiger charge is -2.19. The molecule has 1 amide bonds. The van der Waals surface area contributed by atoms with Gasteiger partial charge in [0.1, 0.15) is 22.1 Å². The van der Waals surface area contributed by atoms with E-state index >= 15 is 0 Å². The second-order valence-electron chi connectivity index (χ2n) is 8.21. The standard InChI is InChI=1S/C23H23ClN6O2/c1-23(2,3)32-22(31)27-13-14-6-8-15(9-7-14)30-20(16-5-4-12-26-19(16)25)28-17-10-11-18(24)29-21(17)30/h4-12H,13H2,1-3H3,(H2,25,26)(H,27,31). The van der Waals surface area contributed by atoms with Crippen LogP contribution >= 0.6 is 11.6 Å². The lowest BCUT2D eigenvalue weighted by Crippen LogP contribution is -2.32. The number of nitrogen functional groups attached to an aromatic ring is 1. The third-order valence-electron chi connectivity index (χ3n) is 4.58. The largest absolute Gasteiger partial charge is 0.444 e. The molecule has 0 aliphatic rings. The fourth-order valence-corrected chi connectivity index (χ4v) is 3.36. The highest BCUT2D eigenvalue weighted by molar-refractivity contribution is 6.29. The maximum absolute atomic E-state index is 11.9. The summed E-state index contributed by atoms with van der Waals surface area (Å²) < 4.78 is 7.16. The summed E-state index contributed by atoms with van der Waals surface area (Å²) >= 11 is 6.17. The minimum Gasteiger partial charge on any atom is -0.444 e. The molecule has 9 heteroatoms. The molecule has 0 aliphatic carbocycles. The molecule has 3 N–H and O–H groups in total. The number of hydrogen-bond donors (Lipinski definition) is 2. The molecule has 4 aromatic rings. The van der Waals surface area contributed by atoms with Crippen molar-refractivity contribution in [2.75, 3.05) is 5.73 Å². The Bertz CT molecular complexity index is 1280. The molecule has 0 atom stereocenters. The number of alkyl carbamates (subject to hydrolysis) is 1. The van der Waals surface area contributed by atoms with Crippen LogP contribution in [0, 0.1) is 0 Å². The maximum atomic E-state index is 11.9. The predicted molar refractivity (Wildman–Crippen MR) is 125 cm³/mol. The number of benzene rings is 1. The van der Waals surface area contributed by atoms with Crippen LogP contribution in [-0.2, 0) is 11.3 Å². The molecule has 8 nitrogen and oxygen atoms in total. The van der Waals surface area contributed by atoms with Crippen molar-refractivity contribution >= 4 is 34.7 Å². The summed E-state index contributed by atoms with van der Waals surface area (Å²) in [5.74, 6) is 0.980. The molecule has 0 spiro atoms. The number of carbonyl (C=O) groups is 1. The number of ether oxygens (including phenoxy) is 1. The van der Waals surface area contributed by atoms with E-state index in [0.717, 1.165) is 11.3 Å². The van der Waals surface area contributed by atoms with Crippen LogP contribution in [0.25, 0.3) is 28.2 Å². The van der Waals surface area contributed by atoms with Crippen molar-refractivity contribution in [2.45, 2.75) is 32.9 Å². The molecule has 0 radical (unpaired) electrons. The van der Waals surface area contributed by atoms with Crippen LogP contribution in [0.4, 0.5) is 10.6 Å². The molecule has 3 aromatic heterocycles. The molecule has 0 saturated heterocycles. The molecule has 164 valence electrons. The first-order valence-electron chi connectivity index (χ1n) is 10.0. The fraction of sp³-hybridized carbons (Fsp3) is 0.217. The van der Waals surface area contributed by atoms with Gasteiger partial charge in [0, 0.05) is 18.4 Å². The number of hydrogen-bond acceptors (Lipinski definition) is 6. The zero-order valence-electron chi connectivity index (χ0n) is 18.0. The zero-order chi connectivity index (χ0) is 22.9. The summed E-state index contributed by atoms with van der Waals surface area (Å²) in [4.78, 5) is 25.3. The summed E-state index contributed by atoms with van der Waals surface area (Å²) in [7, 11) is 0. The Morgan fingerprint density at radius 3 is 2.56 bits per heavy atom. The minimum atomic E-state index is -0.546.